The van der Waals surface area contributed by atoms with Crippen molar-refractivity contribution < 1.29 is 19.0 Å². The minimum Gasteiger partial charge on any atom is -0.508 e. The van der Waals surface area contributed by atoms with Gasteiger partial charge in [-0.1, -0.05) is 6.07 Å². The third kappa shape index (κ3) is 3.94. The molecular formula is C13H21ClF2N2O2. The molecule has 0 aliphatic heterocycles. The fourth-order valence-electron chi connectivity index (χ4n) is 1.91. The van der Waals surface area contributed by atoms with Crippen molar-refractivity contribution in [3.63, 3.8) is 0 Å². The summed E-state index contributed by atoms with van der Waals surface area (Å²) in [5, 5.41) is 18.5. The quantitative estimate of drug-likeness (QED) is 0.754. The van der Waals surface area contributed by atoms with Gasteiger partial charge < -0.3 is 20.8 Å². The molecule has 1 aromatic rings. The number of hydrogen-bond acceptors (Lipinski definition) is 4. The molecule has 0 fully saturated rings. The summed E-state index contributed by atoms with van der Waals surface area (Å²) in [7, 11) is 0. The first-order valence-electron chi connectivity index (χ1n) is 6.19. The van der Waals surface area contributed by atoms with E-state index >= 15 is 0 Å². The Morgan fingerprint density at radius 3 is 2.25 bits per heavy atom. The van der Waals surface area contributed by atoms with E-state index in [-0.39, 0.29) is 23.7 Å². The second-order valence-corrected chi connectivity index (χ2v) is 4.31. The molecule has 1 aromatic carbocycles. The highest BCUT2D eigenvalue weighted by Gasteiger charge is 2.38. The maximum absolute atomic E-state index is 13.3. The normalized spacial score (nSPS) is 12.7. The predicted octanol–water partition coefficient (Wildman–Crippen LogP) is 2.29. The molecule has 0 saturated heterocycles. The van der Waals surface area contributed by atoms with E-state index in [4.69, 9.17) is 10.8 Å². The van der Waals surface area contributed by atoms with E-state index in [1.165, 1.54) is 12.1 Å². The molecule has 0 amide bonds. The van der Waals surface area contributed by atoms with Gasteiger partial charge in [0.1, 0.15) is 18.4 Å². The van der Waals surface area contributed by atoms with Gasteiger partial charge in [-0.25, -0.2) is 8.78 Å². The summed E-state index contributed by atoms with van der Waals surface area (Å²) >= 11 is 0. The summed E-state index contributed by atoms with van der Waals surface area (Å²) in [6.45, 7) is 4.05. The van der Waals surface area contributed by atoms with Gasteiger partial charge in [0.2, 0.25) is 0 Å². The predicted molar refractivity (Wildman–Crippen MR) is 77.9 cm³/mol. The van der Waals surface area contributed by atoms with E-state index in [0.29, 0.717) is 0 Å². The average Bonchev–Trinajstić information content (AvgIpc) is 2.39. The van der Waals surface area contributed by atoms with Crippen molar-refractivity contribution in [3.05, 3.63) is 23.8 Å². The van der Waals surface area contributed by atoms with Crippen LogP contribution < -0.4 is 10.6 Å². The molecule has 0 spiro atoms. The smallest absolute Gasteiger partial charge is 0.289 e. The Morgan fingerprint density at radius 2 is 1.85 bits per heavy atom. The molecular weight excluding hydrogens is 290 g/mol. The van der Waals surface area contributed by atoms with E-state index < -0.39 is 18.6 Å². The molecule has 4 nitrogen and oxygen atoms in total. The minimum atomic E-state index is -3.46. The van der Waals surface area contributed by atoms with Crippen LogP contribution in [-0.2, 0) is 0 Å². The molecule has 0 aliphatic rings. The third-order valence-corrected chi connectivity index (χ3v) is 3.14. The second-order valence-electron chi connectivity index (χ2n) is 4.31. The van der Waals surface area contributed by atoms with Gasteiger partial charge in [0.25, 0.3) is 5.92 Å². The molecule has 4 N–H and O–H groups in total. The van der Waals surface area contributed by atoms with Crippen molar-refractivity contribution in [3.8, 4) is 5.75 Å². The second kappa shape index (κ2) is 7.61. The highest BCUT2D eigenvalue weighted by atomic mass is 35.5. The van der Waals surface area contributed by atoms with Crippen molar-refractivity contribution >= 4 is 18.1 Å². The van der Waals surface area contributed by atoms with E-state index in [9.17, 15) is 13.9 Å². The molecule has 0 aliphatic carbocycles. The van der Waals surface area contributed by atoms with E-state index in [0.717, 1.165) is 18.8 Å². The summed E-state index contributed by atoms with van der Waals surface area (Å²) in [5.41, 5.74) is 6.06. The largest absolute Gasteiger partial charge is 0.508 e. The molecule has 0 radical (unpaired) electrons. The van der Waals surface area contributed by atoms with Gasteiger partial charge >= 0.3 is 0 Å². The summed E-state index contributed by atoms with van der Waals surface area (Å²) in [6.07, 6.45) is 0. The van der Waals surface area contributed by atoms with Gasteiger partial charge in [0, 0.05) is 30.4 Å². The van der Waals surface area contributed by atoms with Crippen LogP contribution in [0.5, 0.6) is 5.75 Å². The maximum Gasteiger partial charge on any atom is 0.289 e. The lowest BCUT2D eigenvalue weighted by Gasteiger charge is -2.25. The zero-order valence-corrected chi connectivity index (χ0v) is 12.3. The third-order valence-electron chi connectivity index (χ3n) is 3.14. The molecule has 0 bridgehead atoms. The number of phenols is 1. The van der Waals surface area contributed by atoms with Crippen LogP contribution in [0.1, 0.15) is 25.5 Å². The summed E-state index contributed by atoms with van der Waals surface area (Å²) in [6, 6.07) is 2.69. The highest BCUT2D eigenvalue weighted by molar-refractivity contribution is 5.85. The number of halogens is 3. The minimum absolute atomic E-state index is 0. The van der Waals surface area contributed by atoms with Crippen molar-refractivity contribution in [2.45, 2.75) is 25.8 Å². The Balaban J connectivity index is 0.00000361. The maximum atomic E-state index is 13.3. The number of nitrogens with zero attached hydrogens (tertiary/aromatic N) is 1. The SMILES string of the molecule is CCN(CC)c1ccc([C@H](N)C(F)(F)CO)c(O)c1.Cl. The Morgan fingerprint density at radius 1 is 1.30 bits per heavy atom. The van der Waals surface area contributed by atoms with Gasteiger partial charge in [-0.2, -0.15) is 0 Å². The average molecular weight is 311 g/mol. The summed E-state index contributed by atoms with van der Waals surface area (Å²) in [4.78, 5) is 1.97. The van der Waals surface area contributed by atoms with Crippen LogP contribution >= 0.6 is 12.4 Å². The Labute approximate surface area is 123 Å². The molecule has 1 rings (SSSR count). The monoisotopic (exact) mass is 310 g/mol. The number of aliphatic hydroxyl groups excluding tert-OH is 1. The number of aromatic hydroxyl groups is 1. The van der Waals surface area contributed by atoms with Crippen LogP contribution in [0.4, 0.5) is 14.5 Å². The number of hydrogen-bond donors (Lipinski definition) is 3. The zero-order valence-electron chi connectivity index (χ0n) is 11.5. The van der Waals surface area contributed by atoms with E-state index in [1.54, 1.807) is 6.07 Å². The molecule has 116 valence electrons. The fourth-order valence-corrected chi connectivity index (χ4v) is 1.91. The van der Waals surface area contributed by atoms with Gasteiger partial charge in [0.05, 0.1) is 0 Å². The Kier molecular flexibility index (Phi) is 7.19. The van der Waals surface area contributed by atoms with Crippen LogP contribution in [0.3, 0.4) is 0 Å². The van der Waals surface area contributed by atoms with Crippen LogP contribution in [-0.4, -0.2) is 35.8 Å². The number of phenolic OH excluding ortho intramolecular Hbond substituents is 1. The van der Waals surface area contributed by atoms with Crippen molar-refractivity contribution in [2.75, 3.05) is 24.6 Å². The number of benzene rings is 1. The molecule has 0 aromatic heterocycles. The Bertz CT molecular complexity index is 429. The molecule has 0 saturated carbocycles. The first-order valence-corrected chi connectivity index (χ1v) is 6.19. The standard InChI is InChI=1S/C13H20F2N2O2.ClH/c1-3-17(4-2)9-5-6-10(11(19)7-9)12(16)13(14,15)8-18;/h5-7,12,18-19H,3-4,8,16H2,1-2H3;1H/t12-;/m0./s1. The molecule has 1 atom stereocenters. The first-order chi connectivity index (χ1) is 8.87. The van der Waals surface area contributed by atoms with E-state index in [1.807, 2.05) is 18.7 Å². The lowest BCUT2D eigenvalue weighted by atomic mass is 10.00. The van der Waals surface area contributed by atoms with Gasteiger partial charge in [-0.05, 0) is 19.9 Å². The van der Waals surface area contributed by atoms with Crippen LogP contribution in [0.25, 0.3) is 0 Å². The number of rotatable bonds is 6. The number of aliphatic hydroxyl groups is 1. The molecule has 0 heterocycles. The summed E-state index contributed by atoms with van der Waals surface area (Å²) in [5.74, 6) is -3.75. The fraction of sp³-hybridized carbons (Fsp3) is 0.538. The van der Waals surface area contributed by atoms with Crippen molar-refractivity contribution in [2.24, 2.45) is 5.73 Å². The lowest BCUT2D eigenvalue weighted by molar-refractivity contribution is -0.0715. The van der Waals surface area contributed by atoms with Gasteiger partial charge in [0.15, 0.2) is 0 Å². The van der Waals surface area contributed by atoms with Crippen molar-refractivity contribution in [1.82, 2.24) is 0 Å². The molecule has 20 heavy (non-hydrogen) atoms. The topological polar surface area (TPSA) is 69.7 Å². The molecule has 0 unspecified atom stereocenters. The van der Waals surface area contributed by atoms with Crippen LogP contribution in [0.2, 0.25) is 0 Å². The Hall–Kier alpha value is -1.11. The molecule has 7 heteroatoms. The highest BCUT2D eigenvalue weighted by Crippen LogP contribution is 2.35. The number of nitrogens with two attached hydrogens (primary N) is 1. The van der Waals surface area contributed by atoms with E-state index in [2.05, 4.69) is 0 Å². The van der Waals surface area contributed by atoms with Gasteiger partial charge in [-0.15, -0.1) is 12.4 Å². The number of anilines is 1. The zero-order chi connectivity index (χ0) is 14.6. The summed E-state index contributed by atoms with van der Waals surface area (Å²) < 4.78 is 26.6. The number of alkyl halides is 2. The van der Waals surface area contributed by atoms with Crippen molar-refractivity contribution in [1.29, 1.82) is 0 Å². The lowest BCUT2D eigenvalue weighted by Crippen LogP contribution is -2.36. The first kappa shape index (κ1) is 18.9. The van der Waals surface area contributed by atoms with Crippen LogP contribution in [0.15, 0.2) is 18.2 Å². The van der Waals surface area contributed by atoms with Crippen LogP contribution in [0, 0.1) is 0 Å². The van der Waals surface area contributed by atoms with Gasteiger partial charge in [-0.3, -0.25) is 0 Å².